The molecule has 0 amide bonds. The predicted octanol–water partition coefficient (Wildman–Crippen LogP) is -1.04. The Morgan fingerprint density at radius 3 is 2.91 bits per heavy atom. The van der Waals surface area contributed by atoms with Crippen LogP contribution in [-0.2, 0) is 4.74 Å². The van der Waals surface area contributed by atoms with E-state index < -0.39 is 11.8 Å². The van der Waals surface area contributed by atoms with E-state index in [9.17, 15) is 20.3 Å². The highest BCUT2D eigenvalue weighted by molar-refractivity contribution is 5.74. The number of aliphatic hydroxyl groups excluding tert-OH is 1. The van der Waals surface area contributed by atoms with E-state index in [4.69, 9.17) is 9.47 Å². The summed E-state index contributed by atoms with van der Waals surface area (Å²) in [5.41, 5.74) is -1.25. The van der Waals surface area contributed by atoms with Crippen molar-refractivity contribution in [3.63, 3.8) is 0 Å². The molecule has 0 saturated heterocycles. The molecule has 1 aromatic heterocycles. The molecule has 0 aliphatic carbocycles. The van der Waals surface area contributed by atoms with Gasteiger partial charge >= 0.3 is 11.2 Å². The van der Waals surface area contributed by atoms with Crippen molar-refractivity contribution in [1.82, 2.24) is 5.10 Å². The van der Waals surface area contributed by atoms with E-state index >= 15 is 0 Å². The van der Waals surface area contributed by atoms with Gasteiger partial charge in [0.2, 0.25) is 0 Å². The fraction of sp³-hybridized carbons (Fsp3) is 0.462. The second-order valence-electron chi connectivity index (χ2n) is 4.58. The normalized spacial score (nSPS) is 12.5. The summed E-state index contributed by atoms with van der Waals surface area (Å²) in [6.45, 7) is 2.63. The number of H-pyrrole nitrogens is 1. The Balaban J connectivity index is 2.17. The van der Waals surface area contributed by atoms with E-state index in [2.05, 4.69) is 0 Å². The summed E-state index contributed by atoms with van der Waals surface area (Å²) in [6.07, 6.45) is -0.405. The second-order valence-corrected chi connectivity index (χ2v) is 4.58. The second kappa shape index (κ2) is 7.05. The lowest BCUT2D eigenvalue weighted by atomic mass is 10.2. The number of nitrogens with zero attached hydrogens (tertiary/aromatic N) is 2. The average molecular weight is 311 g/mol. The molecular weight excluding hydrogens is 294 g/mol. The van der Waals surface area contributed by atoms with Gasteiger partial charge in [-0.1, -0.05) is 6.07 Å². The molecule has 2 N–H and O–H groups in total. The highest BCUT2D eigenvalue weighted by Crippen LogP contribution is 2.19. The molecule has 1 unspecified atom stereocenters. The molecule has 0 spiro atoms. The van der Waals surface area contributed by atoms with Crippen LogP contribution in [0, 0.1) is 10.4 Å². The lowest BCUT2D eigenvalue weighted by molar-refractivity contribution is -0.689. The van der Waals surface area contributed by atoms with Crippen LogP contribution >= 0.6 is 0 Å². The van der Waals surface area contributed by atoms with E-state index in [1.54, 1.807) is 0 Å². The zero-order valence-electron chi connectivity index (χ0n) is 12.0. The van der Waals surface area contributed by atoms with Gasteiger partial charge in [-0.25, -0.2) is 0 Å². The Morgan fingerprint density at radius 2 is 2.18 bits per heavy atom. The molecule has 1 aromatic carbocycles. The molecule has 0 saturated carbocycles. The van der Waals surface area contributed by atoms with Gasteiger partial charge in [0.1, 0.15) is 0 Å². The fourth-order valence-corrected chi connectivity index (χ4v) is 1.93. The van der Waals surface area contributed by atoms with Crippen LogP contribution in [0.3, 0.4) is 0 Å². The predicted molar refractivity (Wildman–Crippen MR) is 75.1 cm³/mol. The Hall–Kier alpha value is -2.39. The maximum Gasteiger partial charge on any atom is 0.554 e. The Kier molecular flexibility index (Phi) is 5.12. The molecule has 0 bridgehead atoms. The molecule has 0 aliphatic rings. The van der Waals surface area contributed by atoms with Crippen molar-refractivity contribution in [3.8, 4) is 5.75 Å². The number of aliphatic hydroxyl groups is 1. The number of fused-ring (bicyclic) bond motifs is 1. The van der Waals surface area contributed by atoms with Gasteiger partial charge in [0, 0.05) is 29.0 Å². The minimum absolute atomic E-state index is 0.0121. The molecule has 9 nitrogen and oxygen atoms in total. The van der Waals surface area contributed by atoms with Gasteiger partial charge in [-0.15, -0.1) is 0 Å². The van der Waals surface area contributed by atoms with Crippen LogP contribution in [0.2, 0.25) is 0 Å². The first-order valence-corrected chi connectivity index (χ1v) is 6.81. The highest BCUT2D eigenvalue weighted by Gasteiger charge is 2.20. The first-order chi connectivity index (χ1) is 10.5. The third kappa shape index (κ3) is 3.43. The van der Waals surface area contributed by atoms with Gasteiger partial charge in [0.15, 0.2) is 5.75 Å². The minimum atomic E-state index is -1.09. The number of aromatic nitrogens is 3. The molecule has 120 valence electrons. The van der Waals surface area contributed by atoms with Crippen LogP contribution in [0.1, 0.15) is 13.3 Å². The minimum Gasteiger partial charge on any atom is -0.707 e. The number of rotatable bonds is 7. The number of hydrogen-bond donors (Lipinski definition) is 2. The topological polar surface area (TPSA) is 125 Å². The van der Waals surface area contributed by atoms with Crippen molar-refractivity contribution in [2.45, 2.75) is 19.4 Å². The summed E-state index contributed by atoms with van der Waals surface area (Å²) in [7, 11) is 0. The zero-order valence-corrected chi connectivity index (χ0v) is 12.0. The van der Waals surface area contributed by atoms with Crippen molar-refractivity contribution < 1.29 is 24.2 Å². The third-order valence-electron chi connectivity index (χ3n) is 3.00. The molecule has 22 heavy (non-hydrogen) atoms. The van der Waals surface area contributed by atoms with Gasteiger partial charge in [-0.3, -0.25) is 0 Å². The summed E-state index contributed by atoms with van der Waals surface area (Å²) >= 11 is 0. The summed E-state index contributed by atoms with van der Waals surface area (Å²) in [4.78, 5) is 11.6. The van der Waals surface area contributed by atoms with Crippen molar-refractivity contribution >= 4 is 11.0 Å². The van der Waals surface area contributed by atoms with Gasteiger partial charge in [0.05, 0.1) is 19.3 Å². The van der Waals surface area contributed by atoms with Crippen LogP contribution < -0.4 is 20.0 Å². The summed E-state index contributed by atoms with van der Waals surface area (Å²) in [6, 6.07) is 4.40. The van der Waals surface area contributed by atoms with Crippen molar-refractivity contribution in [3.05, 3.63) is 39.1 Å². The van der Waals surface area contributed by atoms with Gasteiger partial charge < -0.3 is 25.0 Å². The van der Waals surface area contributed by atoms with E-state index in [0.717, 1.165) is 0 Å². The summed E-state index contributed by atoms with van der Waals surface area (Å²) in [5.74, 6) is 0.104. The molecule has 0 fully saturated rings. The van der Waals surface area contributed by atoms with Crippen LogP contribution in [0.25, 0.3) is 11.0 Å². The van der Waals surface area contributed by atoms with E-state index in [1.165, 1.54) is 18.2 Å². The lowest BCUT2D eigenvalue weighted by Gasteiger charge is -2.12. The molecular formula is C13H17N3O6. The Labute approximate surface area is 125 Å². The molecule has 9 heteroatoms. The number of nitrogens with one attached hydrogen (secondary N) is 1. The average Bonchev–Trinajstić information content (AvgIpc) is 2.50. The molecule has 1 atom stereocenters. The number of hydrogen-bond acceptors (Lipinski definition) is 6. The van der Waals surface area contributed by atoms with Crippen LogP contribution in [0.5, 0.6) is 5.75 Å². The first-order valence-electron chi connectivity index (χ1n) is 6.81. The fourth-order valence-electron chi connectivity index (χ4n) is 1.93. The monoisotopic (exact) mass is 311 g/mol. The van der Waals surface area contributed by atoms with Gasteiger partial charge in [0.25, 0.3) is 5.52 Å². The van der Waals surface area contributed by atoms with Crippen molar-refractivity contribution in [1.29, 1.82) is 0 Å². The lowest BCUT2D eigenvalue weighted by Crippen LogP contribution is -2.55. The van der Waals surface area contributed by atoms with Gasteiger partial charge in [-0.05, 0) is 13.0 Å². The maximum atomic E-state index is 11.8. The SMILES string of the molecule is CCOCC(O)CCOc1cccc2c1[n+]([O-])c(=O)[nH][n+]2[O-]. The molecule has 1 heterocycles. The highest BCUT2D eigenvalue weighted by atomic mass is 16.5. The number of benzene rings is 1. The summed E-state index contributed by atoms with van der Waals surface area (Å²) < 4.78 is 10.6. The van der Waals surface area contributed by atoms with Crippen LogP contribution in [0.4, 0.5) is 0 Å². The molecule has 2 rings (SSSR count). The maximum absolute atomic E-state index is 11.8. The third-order valence-corrected chi connectivity index (χ3v) is 3.00. The summed E-state index contributed by atoms with van der Waals surface area (Å²) in [5, 5.41) is 34.9. The molecule has 2 aromatic rings. The number of para-hydroxylation sites is 1. The van der Waals surface area contributed by atoms with Crippen LogP contribution in [0.15, 0.2) is 23.0 Å². The van der Waals surface area contributed by atoms with Crippen molar-refractivity contribution in [2.24, 2.45) is 0 Å². The molecule has 0 radical (unpaired) electrons. The number of ether oxygens (including phenoxy) is 2. The van der Waals surface area contributed by atoms with E-state index in [1.807, 2.05) is 12.0 Å². The first kappa shape index (κ1) is 16.0. The Bertz CT molecular complexity index is 702. The quantitative estimate of drug-likeness (QED) is 0.497. The largest absolute Gasteiger partial charge is 0.707 e. The van der Waals surface area contributed by atoms with Gasteiger partial charge in [-0.2, -0.15) is 9.52 Å². The number of aromatic amines is 1. The van der Waals surface area contributed by atoms with E-state index in [-0.39, 0.29) is 46.0 Å². The Morgan fingerprint density at radius 1 is 1.41 bits per heavy atom. The van der Waals surface area contributed by atoms with Crippen LogP contribution in [-0.4, -0.2) is 36.1 Å². The molecule has 0 aliphatic heterocycles. The van der Waals surface area contributed by atoms with E-state index in [0.29, 0.717) is 6.61 Å². The standard InChI is InChI=1S/C13H17N3O6/c1-2-21-8-9(17)6-7-22-11-5-3-4-10-12(11)15(19)13(18)14-16(10)20/h3-5,9,17H,2,6-8H2,1H3,(H,14,18). The zero-order chi connectivity index (χ0) is 16.1. The van der Waals surface area contributed by atoms with Crippen molar-refractivity contribution in [2.75, 3.05) is 19.8 Å². The smallest absolute Gasteiger partial charge is 0.554 e.